The largest absolute Gasteiger partial charge is 0.388 e. The standard InChI is InChI=1S/C13H17FO/c1-8(2)5-12(15)11-6-9(3)13(14)10(4)7-11/h6-7,12,15H,1,5H2,2-4H3. The Morgan fingerprint density at radius 1 is 1.40 bits per heavy atom. The summed E-state index contributed by atoms with van der Waals surface area (Å²) in [6.45, 7) is 9.03. The number of hydrogen-bond donors (Lipinski definition) is 1. The fraction of sp³-hybridized carbons (Fsp3) is 0.385. The molecule has 0 spiro atoms. The molecule has 0 aliphatic rings. The highest BCUT2D eigenvalue weighted by molar-refractivity contribution is 5.32. The maximum absolute atomic E-state index is 13.3. The molecule has 15 heavy (non-hydrogen) atoms. The molecule has 1 rings (SSSR count). The molecule has 0 saturated carbocycles. The van der Waals surface area contributed by atoms with Crippen LogP contribution in [0.15, 0.2) is 24.3 Å². The van der Waals surface area contributed by atoms with E-state index in [0.717, 1.165) is 11.1 Å². The third kappa shape index (κ3) is 2.90. The van der Waals surface area contributed by atoms with Crippen LogP contribution < -0.4 is 0 Å². The molecule has 1 N–H and O–H groups in total. The monoisotopic (exact) mass is 208 g/mol. The lowest BCUT2D eigenvalue weighted by Crippen LogP contribution is -2.00. The zero-order valence-electron chi connectivity index (χ0n) is 9.47. The number of benzene rings is 1. The normalized spacial score (nSPS) is 12.6. The molecule has 0 heterocycles. The molecule has 1 aromatic carbocycles. The average Bonchev–Trinajstić information content (AvgIpc) is 2.12. The summed E-state index contributed by atoms with van der Waals surface area (Å²) < 4.78 is 13.3. The minimum atomic E-state index is -0.583. The van der Waals surface area contributed by atoms with Gasteiger partial charge in [0.1, 0.15) is 5.82 Å². The van der Waals surface area contributed by atoms with Crippen molar-refractivity contribution in [2.24, 2.45) is 0 Å². The van der Waals surface area contributed by atoms with E-state index < -0.39 is 6.10 Å². The second-order valence-electron chi connectivity index (χ2n) is 4.15. The Labute approximate surface area is 90.3 Å². The summed E-state index contributed by atoms with van der Waals surface area (Å²) in [6, 6.07) is 3.38. The highest BCUT2D eigenvalue weighted by Crippen LogP contribution is 2.24. The van der Waals surface area contributed by atoms with Gasteiger partial charge >= 0.3 is 0 Å². The Kier molecular flexibility index (Phi) is 3.64. The molecular weight excluding hydrogens is 191 g/mol. The van der Waals surface area contributed by atoms with Gasteiger partial charge in [-0.2, -0.15) is 0 Å². The molecule has 0 bridgehead atoms. The van der Waals surface area contributed by atoms with Gasteiger partial charge in [0.15, 0.2) is 0 Å². The van der Waals surface area contributed by atoms with Crippen LogP contribution in [0.2, 0.25) is 0 Å². The van der Waals surface area contributed by atoms with Crippen molar-refractivity contribution in [3.63, 3.8) is 0 Å². The smallest absolute Gasteiger partial charge is 0.129 e. The van der Waals surface area contributed by atoms with Crippen molar-refractivity contribution in [1.82, 2.24) is 0 Å². The van der Waals surface area contributed by atoms with Gasteiger partial charge in [-0.3, -0.25) is 0 Å². The summed E-state index contributed by atoms with van der Waals surface area (Å²) in [5.41, 5.74) is 2.83. The van der Waals surface area contributed by atoms with E-state index in [1.165, 1.54) is 0 Å². The number of aryl methyl sites for hydroxylation is 2. The molecule has 1 unspecified atom stereocenters. The van der Waals surface area contributed by atoms with Gasteiger partial charge in [-0.05, 0) is 43.9 Å². The number of hydrogen-bond acceptors (Lipinski definition) is 1. The molecule has 1 atom stereocenters. The zero-order chi connectivity index (χ0) is 11.6. The van der Waals surface area contributed by atoms with Crippen LogP contribution in [0.25, 0.3) is 0 Å². The topological polar surface area (TPSA) is 20.2 Å². The van der Waals surface area contributed by atoms with E-state index in [2.05, 4.69) is 6.58 Å². The minimum Gasteiger partial charge on any atom is -0.388 e. The Balaban J connectivity index is 3.00. The van der Waals surface area contributed by atoms with Crippen molar-refractivity contribution in [3.8, 4) is 0 Å². The SMILES string of the molecule is C=C(C)CC(O)c1cc(C)c(F)c(C)c1. The summed E-state index contributed by atoms with van der Waals surface area (Å²) in [7, 11) is 0. The predicted octanol–water partition coefficient (Wildman–Crippen LogP) is 3.44. The molecule has 0 fully saturated rings. The van der Waals surface area contributed by atoms with E-state index in [0.29, 0.717) is 17.5 Å². The highest BCUT2D eigenvalue weighted by atomic mass is 19.1. The summed E-state index contributed by atoms with van der Waals surface area (Å²) in [5, 5.41) is 9.85. The van der Waals surface area contributed by atoms with Crippen LogP contribution in [-0.2, 0) is 0 Å². The van der Waals surface area contributed by atoms with Crippen molar-refractivity contribution >= 4 is 0 Å². The van der Waals surface area contributed by atoms with E-state index in [1.807, 2.05) is 6.92 Å². The van der Waals surface area contributed by atoms with Crippen LogP contribution in [-0.4, -0.2) is 5.11 Å². The van der Waals surface area contributed by atoms with Crippen molar-refractivity contribution in [3.05, 3.63) is 46.8 Å². The number of aliphatic hydroxyl groups excluding tert-OH is 1. The molecule has 2 heteroatoms. The van der Waals surface area contributed by atoms with Crippen LogP contribution in [0.5, 0.6) is 0 Å². The van der Waals surface area contributed by atoms with E-state index in [4.69, 9.17) is 0 Å². The summed E-state index contributed by atoms with van der Waals surface area (Å²) in [5.74, 6) is -0.193. The van der Waals surface area contributed by atoms with E-state index in [1.54, 1.807) is 26.0 Å². The van der Waals surface area contributed by atoms with Crippen LogP contribution in [0.3, 0.4) is 0 Å². The first-order valence-electron chi connectivity index (χ1n) is 5.01. The zero-order valence-corrected chi connectivity index (χ0v) is 9.47. The van der Waals surface area contributed by atoms with Gasteiger partial charge in [0, 0.05) is 0 Å². The molecule has 82 valence electrons. The lowest BCUT2D eigenvalue weighted by Gasteiger charge is -2.13. The average molecular weight is 208 g/mol. The summed E-state index contributed by atoms with van der Waals surface area (Å²) in [6.07, 6.45) is -0.0645. The Morgan fingerprint density at radius 2 is 1.87 bits per heavy atom. The van der Waals surface area contributed by atoms with Crippen molar-refractivity contribution in [1.29, 1.82) is 0 Å². The third-order valence-corrected chi connectivity index (χ3v) is 2.39. The van der Waals surface area contributed by atoms with Gasteiger partial charge < -0.3 is 5.11 Å². The molecule has 0 amide bonds. The molecule has 0 aliphatic carbocycles. The van der Waals surface area contributed by atoms with E-state index in [9.17, 15) is 9.50 Å². The number of rotatable bonds is 3. The first-order valence-corrected chi connectivity index (χ1v) is 5.01. The van der Waals surface area contributed by atoms with Crippen LogP contribution >= 0.6 is 0 Å². The molecule has 0 radical (unpaired) electrons. The number of halogens is 1. The second kappa shape index (κ2) is 4.58. The predicted molar refractivity (Wildman–Crippen MR) is 60.3 cm³/mol. The quantitative estimate of drug-likeness (QED) is 0.754. The van der Waals surface area contributed by atoms with Crippen LogP contribution in [0, 0.1) is 19.7 Å². The fourth-order valence-electron chi connectivity index (χ4n) is 1.62. The van der Waals surface area contributed by atoms with Gasteiger partial charge in [-0.25, -0.2) is 4.39 Å². The molecule has 0 aliphatic heterocycles. The lowest BCUT2D eigenvalue weighted by atomic mass is 9.99. The fourth-order valence-corrected chi connectivity index (χ4v) is 1.62. The Morgan fingerprint density at radius 3 is 2.27 bits per heavy atom. The van der Waals surface area contributed by atoms with Gasteiger partial charge in [0.05, 0.1) is 6.10 Å². The molecule has 1 aromatic rings. The third-order valence-electron chi connectivity index (χ3n) is 2.39. The first kappa shape index (κ1) is 11.9. The number of aliphatic hydroxyl groups is 1. The van der Waals surface area contributed by atoms with Gasteiger partial charge in [0.25, 0.3) is 0 Å². The Bertz CT molecular complexity index is 359. The molecule has 0 aromatic heterocycles. The maximum Gasteiger partial charge on any atom is 0.129 e. The molecule has 1 nitrogen and oxygen atoms in total. The van der Waals surface area contributed by atoms with Gasteiger partial charge in [0.2, 0.25) is 0 Å². The summed E-state index contributed by atoms with van der Waals surface area (Å²) in [4.78, 5) is 0. The van der Waals surface area contributed by atoms with Crippen molar-refractivity contribution in [2.45, 2.75) is 33.3 Å². The van der Waals surface area contributed by atoms with Crippen molar-refractivity contribution < 1.29 is 9.50 Å². The van der Waals surface area contributed by atoms with Crippen molar-refractivity contribution in [2.75, 3.05) is 0 Å². The highest BCUT2D eigenvalue weighted by Gasteiger charge is 2.11. The first-order chi connectivity index (χ1) is 6.91. The van der Waals surface area contributed by atoms with E-state index in [-0.39, 0.29) is 5.82 Å². The minimum absolute atomic E-state index is 0.193. The van der Waals surface area contributed by atoms with Crippen LogP contribution in [0.4, 0.5) is 4.39 Å². The summed E-state index contributed by atoms with van der Waals surface area (Å²) >= 11 is 0. The Hall–Kier alpha value is -1.15. The molecular formula is C13H17FO. The van der Waals surface area contributed by atoms with Gasteiger partial charge in [-0.15, -0.1) is 6.58 Å². The van der Waals surface area contributed by atoms with E-state index >= 15 is 0 Å². The molecule has 0 saturated heterocycles. The maximum atomic E-state index is 13.3. The second-order valence-corrected chi connectivity index (χ2v) is 4.15. The van der Waals surface area contributed by atoms with Crippen LogP contribution in [0.1, 0.15) is 36.1 Å². The lowest BCUT2D eigenvalue weighted by molar-refractivity contribution is 0.178. The van der Waals surface area contributed by atoms with Gasteiger partial charge in [-0.1, -0.05) is 17.7 Å².